The Kier molecular flexibility index (Phi) is 4.76. The summed E-state index contributed by atoms with van der Waals surface area (Å²) in [5, 5.41) is 5.96. The van der Waals surface area contributed by atoms with Gasteiger partial charge in [0, 0.05) is 41.3 Å². The Balaban J connectivity index is 1.97. The van der Waals surface area contributed by atoms with Crippen LogP contribution in [0, 0.1) is 0 Å². The van der Waals surface area contributed by atoms with Crippen molar-refractivity contribution >= 4 is 33.2 Å². The summed E-state index contributed by atoms with van der Waals surface area (Å²) < 4.78 is 2.85. The van der Waals surface area contributed by atoms with E-state index in [4.69, 9.17) is 0 Å². The van der Waals surface area contributed by atoms with E-state index in [1.807, 2.05) is 29.1 Å². The molecule has 0 fully saturated rings. The fourth-order valence-corrected chi connectivity index (χ4v) is 2.99. The molecule has 4 nitrogen and oxygen atoms in total. The maximum absolute atomic E-state index is 12.1. The minimum atomic E-state index is -0.0454. The van der Waals surface area contributed by atoms with E-state index < -0.39 is 0 Å². The number of carbonyl (C=O) groups is 1. The number of hydrogen-bond acceptors (Lipinski definition) is 3. The predicted molar refractivity (Wildman–Crippen MR) is 80.7 cm³/mol. The minimum absolute atomic E-state index is 0.0454. The number of rotatable bonds is 5. The highest BCUT2D eigenvalue weighted by molar-refractivity contribution is 9.10. The quantitative estimate of drug-likeness (QED) is 0.907. The molecule has 0 radical (unpaired) electrons. The highest BCUT2D eigenvalue weighted by Crippen LogP contribution is 2.18. The monoisotopic (exact) mass is 341 g/mol. The molecule has 0 bridgehead atoms. The maximum atomic E-state index is 12.1. The lowest BCUT2D eigenvalue weighted by Gasteiger charge is -2.11. The summed E-state index contributed by atoms with van der Waals surface area (Å²) >= 11 is 5.01. The SMILES string of the molecule is CCn1cc(Br)cc1C(=O)NCC(C)c1nccs1. The van der Waals surface area contributed by atoms with Crippen LogP contribution in [-0.2, 0) is 6.54 Å². The maximum Gasteiger partial charge on any atom is 0.267 e. The summed E-state index contributed by atoms with van der Waals surface area (Å²) in [6.07, 6.45) is 3.71. The number of halogens is 1. The number of aromatic nitrogens is 2. The lowest BCUT2D eigenvalue weighted by atomic mass is 10.2. The molecule has 19 heavy (non-hydrogen) atoms. The lowest BCUT2D eigenvalue weighted by molar-refractivity contribution is 0.0942. The van der Waals surface area contributed by atoms with Gasteiger partial charge >= 0.3 is 0 Å². The summed E-state index contributed by atoms with van der Waals surface area (Å²) in [7, 11) is 0. The molecular formula is C13H16BrN3OS. The largest absolute Gasteiger partial charge is 0.350 e. The Bertz CT molecular complexity index is 550. The molecule has 2 heterocycles. The summed E-state index contributed by atoms with van der Waals surface area (Å²) in [5.41, 5.74) is 0.681. The molecule has 0 saturated heterocycles. The van der Waals surface area contributed by atoms with Crippen LogP contribution in [0.4, 0.5) is 0 Å². The van der Waals surface area contributed by atoms with Gasteiger partial charge in [0.15, 0.2) is 0 Å². The molecule has 2 aromatic heterocycles. The van der Waals surface area contributed by atoms with Gasteiger partial charge in [0.2, 0.25) is 0 Å². The minimum Gasteiger partial charge on any atom is -0.350 e. The van der Waals surface area contributed by atoms with E-state index in [1.165, 1.54) is 0 Å². The standard InChI is InChI=1S/C13H16BrN3OS/c1-3-17-8-10(14)6-11(17)12(18)16-7-9(2)13-15-4-5-19-13/h4-6,8-9H,3,7H2,1-2H3,(H,16,18). The molecule has 102 valence electrons. The van der Waals surface area contributed by atoms with Crippen molar-refractivity contribution in [2.45, 2.75) is 26.3 Å². The third-order valence-electron chi connectivity index (χ3n) is 2.88. The van der Waals surface area contributed by atoms with Crippen LogP contribution in [0.15, 0.2) is 28.3 Å². The second-order valence-corrected chi connectivity index (χ2v) is 6.15. The van der Waals surface area contributed by atoms with E-state index in [1.54, 1.807) is 17.5 Å². The zero-order valence-electron chi connectivity index (χ0n) is 10.9. The molecule has 0 aromatic carbocycles. The van der Waals surface area contributed by atoms with Crippen molar-refractivity contribution in [3.63, 3.8) is 0 Å². The van der Waals surface area contributed by atoms with E-state index in [0.717, 1.165) is 16.0 Å². The summed E-state index contributed by atoms with van der Waals surface area (Å²) in [4.78, 5) is 16.4. The van der Waals surface area contributed by atoms with Crippen LogP contribution in [0.25, 0.3) is 0 Å². The highest BCUT2D eigenvalue weighted by atomic mass is 79.9. The number of carbonyl (C=O) groups excluding carboxylic acids is 1. The van der Waals surface area contributed by atoms with Gasteiger partial charge in [0.05, 0.1) is 5.01 Å². The van der Waals surface area contributed by atoms with Crippen molar-refractivity contribution in [2.24, 2.45) is 0 Å². The molecule has 2 rings (SSSR count). The van der Waals surface area contributed by atoms with E-state index in [0.29, 0.717) is 12.2 Å². The Morgan fingerprint density at radius 2 is 2.42 bits per heavy atom. The molecule has 0 aliphatic carbocycles. The second-order valence-electron chi connectivity index (χ2n) is 4.31. The van der Waals surface area contributed by atoms with Crippen molar-refractivity contribution < 1.29 is 4.79 Å². The molecule has 1 unspecified atom stereocenters. The third kappa shape index (κ3) is 3.45. The number of hydrogen-bond donors (Lipinski definition) is 1. The Morgan fingerprint density at radius 1 is 1.63 bits per heavy atom. The number of aryl methyl sites for hydroxylation is 1. The first-order valence-corrected chi connectivity index (χ1v) is 7.82. The van der Waals surface area contributed by atoms with Gasteiger partial charge in [-0.1, -0.05) is 6.92 Å². The molecule has 2 aromatic rings. The zero-order chi connectivity index (χ0) is 13.8. The van der Waals surface area contributed by atoms with Crippen LogP contribution in [0.2, 0.25) is 0 Å². The van der Waals surface area contributed by atoms with Crippen LogP contribution >= 0.6 is 27.3 Å². The number of amides is 1. The number of nitrogens with one attached hydrogen (secondary N) is 1. The van der Waals surface area contributed by atoms with Crippen molar-refractivity contribution in [3.05, 3.63) is 39.0 Å². The smallest absolute Gasteiger partial charge is 0.267 e. The molecule has 1 atom stereocenters. The molecular weight excluding hydrogens is 326 g/mol. The molecule has 0 aliphatic heterocycles. The summed E-state index contributed by atoms with van der Waals surface area (Å²) in [5.74, 6) is 0.188. The van der Waals surface area contributed by atoms with E-state index in [9.17, 15) is 4.79 Å². The van der Waals surface area contributed by atoms with E-state index in [2.05, 4.69) is 33.2 Å². The molecule has 1 amide bonds. The van der Waals surface area contributed by atoms with Gasteiger partial charge in [-0.3, -0.25) is 4.79 Å². The second kappa shape index (κ2) is 6.34. The molecule has 0 spiro atoms. The Morgan fingerprint density at radius 3 is 3.05 bits per heavy atom. The van der Waals surface area contributed by atoms with Gasteiger partial charge in [0.25, 0.3) is 5.91 Å². The topological polar surface area (TPSA) is 46.9 Å². The van der Waals surface area contributed by atoms with Crippen molar-refractivity contribution in [1.82, 2.24) is 14.9 Å². The van der Waals surface area contributed by atoms with E-state index in [-0.39, 0.29) is 11.8 Å². The average Bonchev–Trinajstić information content (AvgIpc) is 3.04. The summed E-state index contributed by atoms with van der Waals surface area (Å²) in [6, 6.07) is 1.84. The van der Waals surface area contributed by atoms with Crippen LogP contribution in [-0.4, -0.2) is 22.0 Å². The normalized spacial score (nSPS) is 12.4. The first kappa shape index (κ1) is 14.3. The molecule has 1 N–H and O–H groups in total. The number of thiazole rings is 1. The first-order valence-electron chi connectivity index (χ1n) is 6.15. The average molecular weight is 342 g/mol. The molecule has 0 saturated carbocycles. The van der Waals surface area contributed by atoms with Gasteiger partial charge in [-0.2, -0.15) is 0 Å². The van der Waals surface area contributed by atoms with Gasteiger partial charge in [0.1, 0.15) is 5.69 Å². The van der Waals surface area contributed by atoms with Crippen LogP contribution in [0.5, 0.6) is 0 Å². The lowest BCUT2D eigenvalue weighted by Crippen LogP contribution is -2.29. The van der Waals surface area contributed by atoms with Gasteiger partial charge in [-0.15, -0.1) is 11.3 Å². The zero-order valence-corrected chi connectivity index (χ0v) is 13.3. The Labute approximate surface area is 125 Å². The van der Waals surface area contributed by atoms with Gasteiger partial charge in [-0.05, 0) is 28.9 Å². The van der Waals surface area contributed by atoms with Crippen molar-refractivity contribution in [3.8, 4) is 0 Å². The Hall–Kier alpha value is -1.14. The van der Waals surface area contributed by atoms with Crippen molar-refractivity contribution in [1.29, 1.82) is 0 Å². The fourth-order valence-electron chi connectivity index (χ4n) is 1.83. The van der Waals surface area contributed by atoms with Crippen LogP contribution in [0.1, 0.15) is 35.3 Å². The molecule has 6 heteroatoms. The third-order valence-corrected chi connectivity index (χ3v) is 4.32. The van der Waals surface area contributed by atoms with Crippen molar-refractivity contribution in [2.75, 3.05) is 6.54 Å². The highest BCUT2D eigenvalue weighted by Gasteiger charge is 2.14. The van der Waals surface area contributed by atoms with Crippen LogP contribution < -0.4 is 5.32 Å². The summed E-state index contributed by atoms with van der Waals surface area (Å²) in [6.45, 7) is 5.45. The number of nitrogens with zero attached hydrogens (tertiary/aromatic N) is 2. The van der Waals surface area contributed by atoms with Gasteiger partial charge in [-0.25, -0.2) is 4.98 Å². The predicted octanol–water partition coefficient (Wildman–Crippen LogP) is 3.26. The fraction of sp³-hybridized carbons (Fsp3) is 0.385. The van der Waals surface area contributed by atoms with Crippen LogP contribution in [0.3, 0.4) is 0 Å². The van der Waals surface area contributed by atoms with Gasteiger partial charge < -0.3 is 9.88 Å². The molecule has 0 aliphatic rings. The van der Waals surface area contributed by atoms with E-state index >= 15 is 0 Å². The first-order chi connectivity index (χ1) is 9.11.